The van der Waals surface area contributed by atoms with Crippen molar-refractivity contribution in [3.05, 3.63) is 0 Å². The lowest BCUT2D eigenvalue weighted by atomic mass is 9.92. The molecule has 1 rings (SSSR count). The van der Waals surface area contributed by atoms with Crippen LogP contribution in [0.5, 0.6) is 0 Å². The van der Waals surface area contributed by atoms with E-state index in [1.807, 2.05) is 19.9 Å². The second kappa shape index (κ2) is 6.17. The summed E-state index contributed by atoms with van der Waals surface area (Å²) >= 11 is 0. The van der Waals surface area contributed by atoms with Crippen molar-refractivity contribution in [2.24, 2.45) is 11.8 Å². The number of hydrogen-bond donors (Lipinski definition) is 1. The maximum Gasteiger partial charge on any atom is 0.240 e. The van der Waals surface area contributed by atoms with E-state index in [9.17, 15) is 9.90 Å². The summed E-state index contributed by atoms with van der Waals surface area (Å²) in [5.41, 5.74) is -0.875. The van der Waals surface area contributed by atoms with Crippen molar-refractivity contribution in [2.75, 3.05) is 26.8 Å². The molecule has 1 fully saturated rings. The van der Waals surface area contributed by atoms with Gasteiger partial charge in [0.25, 0.3) is 0 Å². The van der Waals surface area contributed by atoms with Gasteiger partial charge in [0.2, 0.25) is 5.91 Å². The number of nitrogens with zero attached hydrogens (tertiary/aromatic N) is 2. The zero-order chi connectivity index (χ0) is 13.8. The fourth-order valence-corrected chi connectivity index (χ4v) is 2.16. The molecule has 0 aromatic carbocycles. The molecule has 18 heavy (non-hydrogen) atoms. The molecule has 5 heteroatoms. The van der Waals surface area contributed by atoms with Crippen LogP contribution in [-0.2, 0) is 9.53 Å². The third-order valence-electron chi connectivity index (χ3n) is 3.40. The molecule has 0 radical (unpaired) electrons. The average molecular weight is 254 g/mol. The zero-order valence-electron chi connectivity index (χ0n) is 11.3. The molecule has 0 bridgehead atoms. The van der Waals surface area contributed by atoms with Crippen molar-refractivity contribution >= 4 is 5.91 Å². The molecule has 0 aromatic rings. The maximum atomic E-state index is 12.1. The highest BCUT2D eigenvalue weighted by molar-refractivity contribution is 5.81. The van der Waals surface area contributed by atoms with Gasteiger partial charge in [-0.25, -0.2) is 0 Å². The number of rotatable bonds is 4. The van der Waals surface area contributed by atoms with Crippen molar-refractivity contribution in [1.29, 1.82) is 5.26 Å². The van der Waals surface area contributed by atoms with Crippen molar-refractivity contribution in [3.63, 3.8) is 0 Å². The van der Waals surface area contributed by atoms with E-state index in [-0.39, 0.29) is 18.4 Å². The standard InChI is InChI=1S/C13H22N2O3/c1-10(2)11(8-14)12(16)15(3)9-13(17)4-6-18-7-5-13/h10-11,17H,4-7,9H2,1-3H3. The number of ether oxygens (including phenoxy) is 1. The Balaban J connectivity index is 2.61. The lowest BCUT2D eigenvalue weighted by Gasteiger charge is -2.36. The number of amides is 1. The van der Waals surface area contributed by atoms with E-state index in [1.165, 1.54) is 4.90 Å². The highest BCUT2D eigenvalue weighted by Crippen LogP contribution is 2.22. The van der Waals surface area contributed by atoms with E-state index in [2.05, 4.69) is 0 Å². The summed E-state index contributed by atoms with van der Waals surface area (Å²) in [4.78, 5) is 13.6. The molecule has 1 N–H and O–H groups in total. The highest BCUT2D eigenvalue weighted by Gasteiger charge is 2.34. The first-order chi connectivity index (χ1) is 8.39. The average Bonchev–Trinajstić information content (AvgIpc) is 2.29. The van der Waals surface area contributed by atoms with Crippen LogP contribution >= 0.6 is 0 Å². The third-order valence-corrected chi connectivity index (χ3v) is 3.40. The minimum absolute atomic E-state index is 0.0192. The molecule has 1 aliphatic rings. The van der Waals surface area contributed by atoms with Gasteiger partial charge in [0.05, 0.1) is 11.7 Å². The van der Waals surface area contributed by atoms with E-state index >= 15 is 0 Å². The number of nitriles is 1. The molecule has 102 valence electrons. The van der Waals surface area contributed by atoms with Crippen LogP contribution in [0.15, 0.2) is 0 Å². The van der Waals surface area contributed by atoms with Gasteiger partial charge in [0.15, 0.2) is 0 Å². The fourth-order valence-electron chi connectivity index (χ4n) is 2.16. The van der Waals surface area contributed by atoms with Gasteiger partial charge in [-0.2, -0.15) is 5.26 Å². The molecule has 0 aliphatic carbocycles. The quantitative estimate of drug-likeness (QED) is 0.804. The van der Waals surface area contributed by atoms with Crippen LogP contribution in [0.1, 0.15) is 26.7 Å². The first-order valence-corrected chi connectivity index (χ1v) is 6.34. The smallest absolute Gasteiger partial charge is 0.240 e. The number of carbonyl (C=O) groups excluding carboxylic acids is 1. The lowest BCUT2D eigenvalue weighted by Crippen LogP contribution is -2.49. The van der Waals surface area contributed by atoms with E-state index in [1.54, 1.807) is 7.05 Å². The second-order valence-electron chi connectivity index (χ2n) is 5.38. The van der Waals surface area contributed by atoms with Crippen LogP contribution in [0.2, 0.25) is 0 Å². The summed E-state index contributed by atoms with van der Waals surface area (Å²) in [6.45, 7) is 5.00. The number of carbonyl (C=O) groups is 1. The Kier molecular flexibility index (Phi) is 5.12. The Morgan fingerprint density at radius 1 is 1.50 bits per heavy atom. The van der Waals surface area contributed by atoms with Crippen molar-refractivity contribution in [1.82, 2.24) is 4.90 Å². The largest absolute Gasteiger partial charge is 0.388 e. The number of likely N-dealkylation sites (N-methyl/N-ethyl adjacent to an activating group) is 1. The fraction of sp³-hybridized carbons (Fsp3) is 0.846. The molecule has 1 unspecified atom stereocenters. The van der Waals surface area contributed by atoms with Crippen LogP contribution in [-0.4, -0.2) is 48.3 Å². The van der Waals surface area contributed by atoms with E-state index in [0.717, 1.165) is 0 Å². The van der Waals surface area contributed by atoms with E-state index in [4.69, 9.17) is 10.00 Å². The van der Waals surface area contributed by atoms with E-state index in [0.29, 0.717) is 26.1 Å². The molecule has 1 atom stereocenters. The van der Waals surface area contributed by atoms with Gasteiger partial charge in [-0.05, 0) is 5.92 Å². The van der Waals surface area contributed by atoms with Crippen LogP contribution < -0.4 is 0 Å². The van der Waals surface area contributed by atoms with Crippen molar-refractivity contribution in [3.8, 4) is 6.07 Å². The van der Waals surface area contributed by atoms with Gasteiger partial charge in [0.1, 0.15) is 5.92 Å². The SMILES string of the molecule is CC(C)C(C#N)C(=O)N(C)CC1(O)CCOCC1. The highest BCUT2D eigenvalue weighted by atomic mass is 16.5. The van der Waals surface area contributed by atoms with Crippen molar-refractivity contribution < 1.29 is 14.6 Å². The van der Waals surface area contributed by atoms with Crippen LogP contribution in [0.25, 0.3) is 0 Å². The van der Waals surface area contributed by atoms with Crippen molar-refractivity contribution in [2.45, 2.75) is 32.3 Å². The molecular weight excluding hydrogens is 232 g/mol. The summed E-state index contributed by atoms with van der Waals surface area (Å²) in [5, 5.41) is 19.3. The summed E-state index contributed by atoms with van der Waals surface area (Å²) < 4.78 is 5.20. The maximum absolute atomic E-state index is 12.1. The lowest BCUT2D eigenvalue weighted by molar-refractivity contribution is -0.140. The predicted molar refractivity (Wildman–Crippen MR) is 66.6 cm³/mol. The summed E-state index contributed by atoms with van der Waals surface area (Å²) in [7, 11) is 1.64. The van der Waals surface area contributed by atoms with Gasteiger partial charge in [-0.1, -0.05) is 13.8 Å². The van der Waals surface area contributed by atoms with Crippen LogP contribution in [0.4, 0.5) is 0 Å². The van der Waals surface area contributed by atoms with Gasteiger partial charge >= 0.3 is 0 Å². The molecular formula is C13H22N2O3. The molecule has 0 spiro atoms. The molecule has 0 aromatic heterocycles. The zero-order valence-corrected chi connectivity index (χ0v) is 11.3. The molecule has 1 heterocycles. The molecule has 0 saturated carbocycles. The van der Waals surface area contributed by atoms with Gasteiger partial charge in [0, 0.05) is 39.6 Å². The Morgan fingerprint density at radius 3 is 2.50 bits per heavy atom. The molecule has 1 aliphatic heterocycles. The minimum atomic E-state index is -0.875. The normalized spacial score (nSPS) is 20.2. The Morgan fingerprint density at radius 2 is 2.06 bits per heavy atom. The number of hydrogen-bond acceptors (Lipinski definition) is 4. The van der Waals surface area contributed by atoms with E-state index < -0.39 is 11.5 Å². The molecule has 1 amide bonds. The minimum Gasteiger partial charge on any atom is -0.388 e. The molecule has 1 saturated heterocycles. The third kappa shape index (κ3) is 3.69. The van der Waals surface area contributed by atoms with Crippen LogP contribution in [0.3, 0.4) is 0 Å². The second-order valence-corrected chi connectivity index (χ2v) is 5.38. The Labute approximate surface area is 108 Å². The van der Waals surface area contributed by atoms with Gasteiger partial charge in [-0.15, -0.1) is 0 Å². The van der Waals surface area contributed by atoms with Crippen LogP contribution in [0, 0.1) is 23.2 Å². The summed E-state index contributed by atoms with van der Waals surface area (Å²) in [5.74, 6) is -0.875. The number of aliphatic hydroxyl groups is 1. The Bertz CT molecular complexity index is 330. The predicted octanol–water partition coefficient (Wildman–Crippen LogP) is 0.782. The van der Waals surface area contributed by atoms with Gasteiger partial charge < -0.3 is 14.7 Å². The molecule has 5 nitrogen and oxygen atoms in total. The summed E-state index contributed by atoms with van der Waals surface area (Å²) in [6.07, 6.45) is 1.06. The first kappa shape index (κ1) is 14.9. The van der Waals surface area contributed by atoms with Gasteiger partial charge in [-0.3, -0.25) is 4.79 Å². The topological polar surface area (TPSA) is 73.6 Å². The first-order valence-electron chi connectivity index (χ1n) is 6.34. The Hall–Kier alpha value is -1.12. The summed E-state index contributed by atoms with van der Waals surface area (Å²) in [6, 6.07) is 2.03. The monoisotopic (exact) mass is 254 g/mol.